The average Bonchev–Trinajstić information content (AvgIpc) is 2.83. The zero-order chi connectivity index (χ0) is 15.9. The molecule has 1 aromatic heterocycles. The van der Waals surface area contributed by atoms with Crippen molar-refractivity contribution in [2.75, 3.05) is 11.1 Å². The standard InChI is InChI=1S/C15H19ClN4OS/c1-3-4-8-13-18-19-15(20(13)2)22-10-14(21)17-12-7-5-6-11(16)9-12/h5-7,9H,3-4,8,10H2,1-2H3,(H,17,21). The van der Waals surface area contributed by atoms with Crippen LogP contribution in [0.1, 0.15) is 25.6 Å². The number of hydrogen-bond acceptors (Lipinski definition) is 4. The van der Waals surface area contributed by atoms with Gasteiger partial charge in [-0.1, -0.05) is 42.8 Å². The van der Waals surface area contributed by atoms with E-state index in [1.807, 2.05) is 11.6 Å². The van der Waals surface area contributed by atoms with Crippen LogP contribution in [0.15, 0.2) is 29.4 Å². The van der Waals surface area contributed by atoms with Crippen LogP contribution in [-0.2, 0) is 18.3 Å². The number of aryl methyl sites for hydroxylation is 1. The van der Waals surface area contributed by atoms with Crippen molar-refractivity contribution in [3.05, 3.63) is 35.1 Å². The predicted molar refractivity (Wildman–Crippen MR) is 90.4 cm³/mol. The van der Waals surface area contributed by atoms with Crippen molar-refractivity contribution in [2.24, 2.45) is 7.05 Å². The van der Waals surface area contributed by atoms with Crippen LogP contribution in [0.5, 0.6) is 0 Å². The summed E-state index contributed by atoms with van der Waals surface area (Å²) in [7, 11) is 1.93. The molecule has 1 amide bonds. The Balaban J connectivity index is 1.87. The van der Waals surface area contributed by atoms with E-state index in [0.717, 1.165) is 30.2 Å². The largest absolute Gasteiger partial charge is 0.325 e. The minimum atomic E-state index is -0.0922. The van der Waals surface area contributed by atoms with Crippen LogP contribution in [0.2, 0.25) is 5.02 Å². The van der Waals surface area contributed by atoms with Gasteiger partial charge in [0.15, 0.2) is 5.16 Å². The molecule has 0 saturated heterocycles. The maximum absolute atomic E-state index is 12.0. The van der Waals surface area contributed by atoms with E-state index >= 15 is 0 Å². The van der Waals surface area contributed by atoms with Gasteiger partial charge in [-0.3, -0.25) is 4.79 Å². The Bertz CT molecular complexity index is 644. The number of unbranched alkanes of at least 4 members (excludes halogenated alkanes) is 1. The molecule has 7 heteroatoms. The second-order valence-electron chi connectivity index (χ2n) is 4.91. The van der Waals surface area contributed by atoms with Crippen molar-refractivity contribution >= 4 is 35.0 Å². The number of nitrogens with one attached hydrogen (secondary N) is 1. The van der Waals surface area contributed by atoms with Gasteiger partial charge in [-0.25, -0.2) is 0 Å². The van der Waals surface area contributed by atoms with Gasteiger partial charge in [0.2, 0.25) is 5.91 Å². The van der Waals surface area contributed by atoms with Gasteiger partial charge in [-0.05, 0) is 24.6 Å². The SMILES string of the molecule is CCCCc1nnc(SCC(=O)Nc2cccc(Cl)c2)n1C. The maximum Gasteiger partial charge on any atom is 0.234 e. The molecule has 1 N–H and O–H groups in total. The Morgan fingerprint density at radius 1 is 1.41 bits per heavy atom. The van der Waals surface area contributed by atoms with Crippen molar-refractivity contribution in [2.45, 2.75) is 31.3 Å². The molecule has 0 saturated carbocycles. The summed E-state index contributed by atoms with van der Waals surface area (Å²) in [4.78, 5) is 12.0. The van der Waals surface area contributed by atoms with Crippen LogP contribution < -0.4 is 5.32 Å². The monoisotopic (exact) mass is 338 g/mol. The number of anilines is 1. The zero-order valence-electron chi connectivity index (χ0n) is 12.7. The molecule has 22 heavy (non-hydrogen) atoms. The fourth-order valence-electron chi connectivity index (χ4n) is 1.92. The summed E-state index contributed by atoms with van der Waals surface area (Å²) < 4.78 is 1.95. The molecule has 5 nitrogen and oxygen atoms in total. The minimum Gasteiger partial charge on any atom is -0.325 e. The molecule has 1 aromatic carbocycles. The summed E-state index contributed by atoms with van der Waals surface area (Å²) in [5, 5.41) is 12.5. The first-order chi connectivity index (χ1) is 10.6. The molecule has 0 aliphatic carbocycles. The predicted octanol–water partition coefficient (Wildman–Crippen LogP) is 3.54. The molecular formula is C15H19ClN4OS. The van der Waals surface area contributed by atoms with Crippen LogP contribution in [0.4, 0.5) is 5.69 Å². The number of aromatic nitrogens is 3. The molecule has 0 aliphatic heterocycles. The summed E-state index contributed by atoms with van der Waals surface area (Å²) in [5.41, 5.74) is 0.694. The Morgan fingerprint density at radius 3 is 2.95 bits per heavy atom. The quantitative estimate of drug-likeness (QED) is 0.784. The van der Waals surface area contributed by atoms with Crippen molar-refractivity contribution in [3.8, 4) is 0 Å². The van der Waals surface area contributed by atoms with Gasteiger partial charge in [0.25, 0.3) is 0 Å². The third kappa shape index (κ3) is 4.74. The molecule has 1 heterocycles. The van der Waals surface area contributed by atoms with Crippen LogP contribution in [-0.4, -0.2) is 26.4 Å². The molecule has 0 unspecified atom stereocenters. The lowest BCUT2D eigenvalue weighted by Gasteiger charge is -2.06. The number of amides is 1. The van der Waals surface area contributed by atoms with Gasteiger partial charge < -0.3 is 9.88 Å². The summed E-state index contributed by atoms with van der Waals surface area (Å²) in [6, 6.07) is 7.09. The van der Waals surface area contributed by atoms with Gasteiger partial charge in [-0.2, -0.15) is 0 Å². The van der Waals surface area contributed by atoms with Crippen molar-refractivity contribution in [3.63, 3.8) is 0 Å². The van der Waals surface area contributed by atoms with Crippen LogP contribution in [0, 0.1) is 0 Å². The van der Waals surface area contributed by atoms with E-state index in [1.165, 1.54) is 11.8 Å². The van der Waals surface area contributed by atoms with Gasteiger partial charge >= 0.3 is 0 Å². The highest BCUT2D eigenvalue weighted by Crippen LogP contribution is 2.18. The molecule has 2 aromatic rings. The van der Waals surface area contributed by atoms with E-state index in [0.29, 0.717) is 10.7 Å². The molecule has 0 atom stereocenters. The normalized spacial score (nSPS) is 10.7. The lowest BCUT2D eigenvalue weighted by atomic mass is 10.2. The molecular weight excluding hydrogens is 320 g/mol. The number of thioether (sulfide) groups is 1. The fraction of sp³-hybridized carbons (Fsp3) is 0.400. The van der Waals surface area contributed by atoms with Gasteiger partial charge in [0.05, 0.1) is 5.75 Å². The summed E-state index contributed by atoms with van der Waals surface area (Å²) in [5.74, 6) is 1.15. The number of rotatable bonds is 7. The number of halogens is 1. The fourth-order valence-corrected chi connectivity index (χ4v) is 2.84. The molecule has 0 radical (unpaired) electrons. The molecule has 118 valence electrons. The van der Waals surface area contributed by atoms with Gasteiger partial charge in [-0.15, -0.1) is 10.2 Å². The van der Waals surface area contributed by atoms with E-state index in [-0.39, 0.29) is 11.7 Å². The highest BCUT2D eigenvalue weighted by Gasteiger charge is 2.11. The zero-order valence-corrected chi connectivity index (χ0v) is 14.2. The lowest BCUT2D eigenvalue weighted by molar-refractivity contribution is -0.113. The third-order valence-electron chi connectivity index (χ3n) is 3.12. The third-order valence-corrected chi connectivity index (χ3v) is 4.38. The summed E-state index contributed by atoms with van der Waals surface area (Å²) in [6.07, 6.45) is 3.12. The van der Waals surface area contributed by atoms with E-state index in [9.17, 15) is 4.79 Å². The molecule has 0 spiro atoms. The second-order valence-corrected chi connectivity index (χ2v) is 6.29. The van der Waals surface area contributed by atoms with Gasteiger partial charge in [0, 0.05) is 24.2 Å². The number of nitrogens with zero attached hydrogens (tertiary/aromatic N) is 3. The Hall–Kier alpha value is -1.53. The second kappa shape index (κ2) is 8.19. The van der Waals surface area contributed by atoms with E-state index in [2.05, 4.69) is 22.4 Å². The van der Waals surface area contributed by atoms with Crippen molar-refractivity contribution < 1.29 is 4.79 Å². The highest BCUT2D eigenvalue weighted by atomic mass is 35.5. The molecule has 0 aliphatic rings. The van der Waals surface area contributed by atoms with E-state index in [1.54, 1.807) is 24.3 Å². The first-order valence-corrected chi connectivity index (χ1v) is 8.53. The van der Waals surface area contributed by atoms with Crippen LogP contribution in [0.3, 0.4) is 0 Å². The smallest absolute Gasteiger partial charge is 0.234 e. The molecule has 0 fully saturated rings. The minimum absolute atomic E-state index is 0.0922. The Kier molecular flexibility index (Phi) is 6.27. The number of benzene rings is 1. The maximum atomic E-state index is 12.0. The first-order valence-electron chi connectivity index (χ1n) is 7.16. The van der Waals surface area contributed by atoms with E-state index < -0.39 is 0 Å². The number of carbonyl (C=O) groups excluding carboxylic acids is 1. The number of carbonyl (C=O) groups is 1. The summed E-state index contributed by atoms with van der Waals surface area (Å²) >= 11 is 7.27. The molecule has 2 rings (SSSR count). The van der Waals surface area contributed by atoms with Crippen LogP contribution in [0.25, 0.3) is 0 Å². The van der Waals surface area contributed by atoms with E-state index in [4.69, 9.17) is 11.6 Å². The van der Waals surface area contributed by atoms with Crippen molar-refractivity contribution in [1.82, 2.24) is 14.8 Å². The average molecular weight is 339 g/mol. The highest BCUT2D eigenvalue weighted by molar-refractivity contribution is 7.99. The molecule has 0 bridgehead atoms. The topological polar surface area (TPSA) is 59.8 Å². The first kappa shape index (κ1) is 16.8. The van der Waals surface area contributed by atoms with Gasteiger partial charge in [0.1, 0.15) is 5.82 Å². The van der Waals surface area contributed by atoms with Crippen LogP contribution >= 0.6 is 23.4 Å². The number of hydrogen-bond donors (Lipinski definition) is 1. The van der Waals surface area contributed by atoms with Crippen molar-refractivity contribution in [1.29, 1.82) is 0 Å². The Labute approximate surface area is 139 Å². The summed E-state index contributed by atoms with van der Waals surface area (Å²) in [6.45, 7) is 2.15. The lowest BCUT2D eigenvalue weighted by Crippen LogP contribution is -2.14. The Morgan fingerprint density at radius 2 is 2.23 bits per heavy atom.